The minimum atomic E-state index is -0.445. The zero-order chi connectivity index (χ0) is 16.4. The molecular formula is C18H16FN3O2. The molecule has 122 valence electrons. The molecule has 0 atom stereocenters. The van der Waals surface area contributed by atoms with E-state index in [1.54, 1.807) is 24.5 Å². The monoisotopic (exact) mass is 325 g/mol. The van der Waals surface area contributed by atoms with Crippen molar-refractivity contribution in [2.24, 2.45) is 0 Å². The smallest absolute Gasteiger partial charge is 0.237 e. The fourth-order valence-electron chi connectivity index (χ4n) is 3.14. The van der Waals surface area contributed by atoms with Crippen LogP contribution >= 0.6 is 0 Å². The van der Waals surface area contributed by atoms with Crippen LogP contribution in [0.5, 0.6) is 0 Å². The van der Waals surface area contributed by atoms with Gasteiger partial charge in [0.05, 0.1) is 5.41 Å². The van der Waals surface area contributed by atoms with Crippen LogP contribution in [0.25, 0.3) is 11.4 Å². The number of hydrogen-bond donors (Lipinski definition) is 0. The molecule has 0 spiro atoms. The fraction of sp³-hybridized carbons (Fsp3) is 0.278. The SMILES string of the molecule is Fc1ccc(C2(c3nc(-c4cccnc4)no3)CCOCC2)cc1. The number of ether oxygens (including phenoxy) is 1. The Bertz CT molecular complexity index is 812. The van der Waals surface area contributed by atoms with Crippen molar-refractivity contribution in [2.75, 3.05) is 13.2 Å². The molecule has 1 saturated heterocycles. The van der Waals surface area contributed by atoms with Gasteiger partial charge in [0.25, 0.3) is 0 Å². The first kappa shape index (κ1) is 15.0. The molecule has 0 saturated carbocycles. The zero-order valence-corrected chi connectivity index (χ0v) is 13.0. The first-order valence-electron chi connectivity index (χ1n) is 7.86. The Labute approximate surface area is 138 Å². The van der Waals surface area contributed by atoms with Crippen LogP contribution in [0.4, 0.5) is 4.39 Å². The van der Waals surface area contributed by atoms with Gasteiger partial charge < -0.3 is 9.26 Å². The topological polar surface area (TPSA) is 61.0 Å². The van der Waals surface area contributed by atoms with Gasteiger partial charge in [-0.15, -0.1) is 0 Å². The van der Waals surface area contributed by atoms with Crippen LogP contribution in [0.2, 0.25) is 0 Å². The molecule has 1 aliphatic rings. The maximum Gasteiger partial charge on any atom is 0.237 e. The second-order valence-corrected chi connectivity index (χ2v) is 5.87. The Kier molecular flexibility index (Phi) is 3.82. The summed E-state index contributed by atoms with van der Waals surface area (Å²) in [6, 6.07) is 10.2. The molecule has 0 unspecified atom stereocenters. The Morgan fingerprint density at radius 2 is 1.83 bits per heavy atom. The van der Waals surface area contributed by atoms with Crippen LogP contribution in [0.15, 0.2) is 53.3 Å². The van der Waals surface area contributed by atoms with Crippen molar-refractivity contribution in [3.05, 3.63) is 66.1 Å². The van der Waals surface area contributed by atoms with Gasteiger partial charge in [-0.3, -0.25) is 4.98 Å². The Morgan fingerprint density at radius 1 is 1.04 bits per heavy atom. The Hall–Kier alpha value is -2.60. The van der Waals surface area contributed by atoms with E-state index in [1.807, 2.05) is 12.1 Å². The Morgan fingerprint density at radius 3 is 2.54 bits per heavy atom. The lowest BCUT2D eigenvalue weighted by atomic mass is 9.74. The molecule has 6 heteroatoms. The highest BCUT2D eigenvalue weighted by molar-refractivity contribution is 5.52. The number of aromatic nitrogens is 3. The van der Waals surface area contributed by atoms with Gasteiger partial charge in [-0.25, -0.2) is 4.39 Å². The highest BCUT2D eigenvalue weighted by Crippen LogP contribution is 2.40. The van der Waals surface area contributed by atoms with E-state index in [2.05, 4.69) is 15.1 Å². The van der Waals surface area contributed by atoms with Gasteiger partial charge in [0.1, 0.15) is 5.82 Å². The average molecular weight is 325 g/mol. The van der Waals surface area contributed by atoms with E-state index >= 15 is 0 Å². The van der Waals surface area contributed by atoms with E-state index in [4.69, 9.17) is 9.26 Å². The zero-order valence-electron chi connectivity index (χ0n) is 13.0. The molecule has 5 nitrogen and oxygen atoms in total. The molecule has 1 aromatic carbocycles. The molecular weight excluding hydrogens is 309 g/mol. The van der Waals surface area contributed by atoms with Crippen LogP contribution in [0, 0.1) is 5.82 Å². The largest absolute Gasteiger partial charge is 0.381 e. The van der Waals surface area contributed by atoms with E-state index in [-0.39, 0.29) is 5.82 Å². The molecule has 0 aliphatic carbocycles. The molecule has 4 rings (SSSR count). The number of halogens is 1. The van der Waals surface area contributed by atoms with Crippen LogP contribution in [0.1, 0.15) is 24.3 Å². The van der Waals surface area contributed by atoms with Crippen molar-refractivity contribution < 1.29 is 13.7 Å². The molecule has 0 N–H and O–H groups in total. The third kappa shape index (κ3) is 2.59. The van der Waals surface area contributed by atoms with Crippen molar-refractivity contribution in [1.82, 2.24) is 15.1 Å². The minimum absolute atomic E-state index is 0.262. The molecule has 0 amide bonds. The summed E-state index contributed by atoms with van der Waals surface area (Å²) in [5.74, 6) is 0.782. The third-order valence-electron chi connectivity index (χ3n) is 4.50. The number of nitrogens with zero attached hydrogens (tertiary/aromatic N) is 3. The standard InChI is InChI=1S/C18H16FN3O2/c19-15-5-3-14(4-6-15)18(7-10-23-11-8-18)17-21-16(22-24-17)13-2-1-9-20-12-13/h1-6,9,12H,7-8,10-11H2. The predicted octanol–water partition coefficient (Wildman–Crippen LogP) is 3.37. The number of benzene rings is 1. The van der Waals surface area contributed by atoms with Gasteiger partial charge >= 0.3 is 0 Å². The van der Waals surface area contributed by atoms with E-state index in [1.165, 1.54) is 12.1 Å². The highest BCUT2D eigenvalue weighted by Gasteiger charge is 2.41. The molecule has 3 aromatic rings. The maximum atomic E-state index is 13.3. The molecule has 3 heterocycles. The summed E-state index contributed by atoms with van der Waals surface area (Å²) < 4.78 is 24.4. The number of rotatable bonds is 3. The van der Waals surface area contributed by atoms with Crippen LogP contribution in [0.3, 0.4) is 0 Å². The summed E-state index contributed by atoms with van der Waals surface area (Å²) in [4.78, 5) is 8.69. The normalized spacial score (nSPS) is 16.9. The third-order valence-corrected chi connectivity index (χ3v) is 4.50. The number of pyridine rings is 1. The lowest BCUT2D eigenvalue weighted by molar-refractivity contribution is 0.0523. The van der Waals surface area contributed by atoms with E-state index < -0.39 is 5.41 Å². The van der Waals surface area contributed by atoms with Crippen LogP contribution in [-0.4, -0.2) is 28.3 Å². The first-order valence-corrected chi connectivity index (χ1v) is 7.86. The van der Waals surface area contributed by atoms with Crippen LogP contribution < -0.4 is 0 Å². The summed E-state index contributed by atoms with van der Waals surface area (Å²) in [5, 5.41) is 4.11. The van der Waals surface area contributed by atoms with Gasteiger partial charge in [-0.2, -0.15) is 4.98 Å². The average Bonchev–Trinajstić information content (AvgIpc) is 3.14. The molecule has 24 heavy (non-hydrogen) atoms. The minimum Gasteiger partial charge on any atom is -0.381 e. The van der Waals surface area contributed by atoms with Gasteiger partial charge in [-0.05, 0) is 42.7 Å². The second kappa shape index (κ2) is 6.13. The second-order valence-electron chi connectivity index (χ2n) is 5.87. The summed E-state index contributed by atoms with van der Waals surface area (Å²) in [5.41, 5.74) is 1.32. The lowest BCUT2D eigenvalue weighted by Gasteiger charge is -2.34. The Balaban J connectivity index is 1.77. The van der Waals surface area contributed by atoms with Gasteiger partial charge in [0.2, 0.25) is 11.7 Å². The fourth-order valence-corrected chi connectivity index (χ4v) is 3.14. The van der Waals surface area contributed by atoms with Crippen molar-refractivity contribution in [3.8, 4) is 11.4 Å². The molecule has 1 aliphatic heterocycles. The highest BCUT2D eigenvalue weighted by atomic mass is 19.1. The predicted molar refractivity (Wildman–Crippen MR) is 84.8 cm³/mol. The quantitative estimate of drug-likeness (QED) is 0.739. The lowest BCUT2D eigenvalue weighted by Crippen LogP contribution is -2.35. The molecule has 1 fully saturated rings. The van der Waals surface area contributed by atoms with Crippen molar-refractivity contribution in [2.45, 2.75) is 18.3 Å². The van der Waals surface area contributed by atoms with Crippen molar-refractivity contribution >= 4 is 0 Å². The summed E-state index contributed by atoms with van der Waals surface area (Å²) in [6.07, 6.45) is 4.83. The van der Waals surface area contributed by atoms with Crippen molar-refractivity contribution in [3.63, 3.8) is 0 Å². The van der Waals surface area contributed by atoms with E-state index in [0.717, 1.165) is 11.1 Å². The van der Waals surface area contributed by atoms with Crippen LogP contribution in [-0.2, 0) is 10.2 Å². The number of hydrogen-bond acceptors (Lipinski definition) is 5. The van der Waals surface area contributed by atoms with E-state index in [0.29, 0.717) is 37.8 Å². The van der Waals surface area contributed by atoms with Gasteiger partial charge in [0.15, 0.2) is 0 Å². The van der Waals surface area contributed by atoms with E-state index in [9.17, 15) is 4.39 Å². The molecule has 2 aromatic heterocycles. The summed E-state index contributed by atoms with van der Waals surface area (Å²) in [6.45, 7) is 1.20. The summed E-state index contributed by atoms with van der Waals surface area (Å²) in [7, 11) is 0. The van der Waals surface area contributed by atoms with Crippen molar-refractivity contribution in [1.29, 1.82) is 0 Å². The molecule has 0 radical (unpaired) electrons. The molecule has 0 bridgehead atoms. The van der Waals surface area contributed by atoms with Gasteiger partial charge in [0, 0.05) is 31.2 Å². The summed E-state index contributed by atoms with van der Waals surface area (Å²) >= 11 is 0. The van der Waals surface area contributed by atoms with Gasteiger partial charge in [-0.1, -0.05) is 17.3 Å². The maximum absolute atomic E-state index is 13.3. The first-order chi connectivity index (χ1) is 11.8.